The van der Waals surface area contributed by atoms with E-state index in [1.165, 1.54) is 0 Å². The smallest absolute Gasteiger partial charge is 0.252 e. The van der Waals surface area contributed by atoms with Crippen LogP contribution in [0.3, 0.4) is 0 Å². The van der Waals surface area contributed by atoms with Gasteiger partial charge in [0.2, 0.25) is 9.04 Å². The van der Waals surface area contributed by atoms with Crippen molar-refractivity contribution in [3.8, 4) is 6.07 Å². The zero-order valence-corrected chi connectivity index (χ0v) is 23.8. The first-order chi connectivity index (χ1) is 13.4. The number of hydroxylamine groups is 2. The van der Waals surface area contributed by atoms with Gasteiger partial charge < -0.3 is 13.4 Å². The van der Waals surface area contributed by atoms with Gasteiger partial charge >= 0.3 is 0 Å². The van der Waals surface area contributed by atoms with E-state index in [-0.39, 0.29) is 23.3 Å². The van der Waals surface area contributed by atoms with Crippen LogP contribution in [0.2, 0.25) is 52.4 Å². The van der Waals surface area contributed by atoms with Gasteiger partial charge in [0.05, 0.1) is 12.0 Å². The molecule has 9 heteroatoms. The molecule has 0 saturated carbocycles. The lowest BCUT2D eigenvalue weighted by molar-refractivity contribution is -0.261. The average molecular weight is 469 g/mol. The van der Waals surface area contributed by atoms with Crippen molar-refractivity contribution in [3.63, 3.8) is 0 Å². The molecule has 6 nitrogen and oxygen atoms in total. The number of nitriles is 1. The molecule has 4 unspecified atom stereocenters. The van der Waals surface area contributed by atoms with E-state index in [1.807, 2.05) is 12.2 Å². The number of carbonyl (C=O) groups excluding carboxylic acids is 1. The molecule has 170 valence electrons. The van der Waals surface area contributed by atoms with Gasteiger partial charge in [-0.05, 0) is 63.9 Å². The summed E-state index contributed by atoms with van der Waals surface area (Å²) in [5, 5.41) is 11.7. The Morgan fingerprint density at radius 1 is 1.13 bits per heavy atom. The highest BCUT2D eigenvalue weighted by Crippen LogP contribution is 2.55. The Morgan fingerprint density at radius 3 is 2.10 bits per heavy atom. The van der Waals surface area contributed by atoms with E-state index in [2.05, 4.69) is 79.2 Å². The predicted molar refractivity (Wildman–Crippen MR) is 127 cm³/mol. The lowest BCUT2D eigenvalue weighted by atomic mass is 9.57. The monoisotopic (exact) mass is 468 g/mol. The standard InChI is InChI=1S/C21H40N2O4Si3/c1-19(2,3)17-18(24)23(27-28(4)5)21(17)13-12-20(15-22,26-30(9,10)11)14-16(21)25-29(6,7)8/h12-13,16-17,28H,14H2,1-11H3. The summed E-state index contributed by atoms with van der Waals surface area (Å²) in [6, 6.07) is 2.42. The van der Waals surface area contributed by atoms with Crippen LogP contribution in [-0.4, -0.2) is 53.9 Å². The summed E-state index contributed by atoms with van der Waals surface area (Å²) in [5.41, 5.74) is -2.02. The molecule has 2 aliphatic rings. The maximum atomic E-state index is 13.2. The molecule has 1 fully saturated rings. The van der Waals surface area contributed by atoms with Gasteiger partial charge in [0.25, 0.3) is 5.91 Å². The van der Waals surface area contributed by atoms with Crippen LogP contribution in [0.4, 0.5) is 0 Å². The van der Waals surface area contributed by atoms with Gasteiger partial charge in [-0.2, -0.15) is 5.26 Å². The molecule has 1 amide bonds. The van der Waals surface area contributed by atoms with Gasteiger partial charge in [-0.3, -0.25) is 4.79 Å². The minimum Gasteiger partial charge on any atom is -0.412 e. The van der Waals surface area contributed by atoms with Crippen molar-refractivity contribution >= 4 is 31.6 Å². The quantitative estimate of drug-likeness (QED) is 0.327. The Morgan fingerprint density at radius 2 is 1.70 bits per heavy atom. The normalized spacial score (nSPS) is 32.5. The molecule has 30 heavy (non-hydrogen) atoms. The SMILES string of the molecule is C[SiH](C)ON1C(=O)C(C(C)(C)C)C12C=CC(C#N)(O[Si](C)(C)C)CC2O[Si](C)(C)C. The number of hydrogen-bond acceptors (Lipinski definition) is 5. The molecule has 0 bridgehead atoms. The summed E-state index contributed by atoms with van der Waals surface area (Å²) in [4.78, 5) is 13.2. The van der Waals surface area contributed by atoms with E-state index in [0.717, 1.165) is 0 Å². The van der Waals surface area contributed by atoms with Crippen LogP contribution in [0.25, 0.3) is 0 Å². The third kappa shape index (κ3) is 5.00. The topological polar surface area (TPSA) is 71.8 Å². The van der Waals surface area contributed by atoms with Crippen LogP contribution < -0.4 is 0 Å². The lowest BCUT2D eigenvalue weighted by Gasteiger charge is -2.64. The lowest BCUT2D eigenvalue weighted by Crippen LogP contribution is -2.80. The number of β-lactam (4-membered cyclic amide) rings is 1. The molecule has 0 aromatic heterocycles. The first-order valence-corrected chi connectivity index (χ1v) is 20.5. The highest BCUT2D eigenvalue weighted by atomic mass is 28.4. The van der Waals surface area contributed by atoms with Gasteiger partial charge in [-0.25, -0.2) is 5.06 Å². The first kappa shape index (κ1) is 25.5. The highest BCUT2D eigenvalue weighted by molar-refractivity contribution is 6.70. The second-order valence-corrected chi connectivity index (χ2v) is 23.1. The second-order valence-electron chi connectivity index (χ2n) is 11.9. The summed E-state index contributed by atoms with van der Waals surface area (Å²) in [6.45, 7) is 23.1. The van der Waals surface area contributed by atoms with Crippen molar-refractivity contribution in [1.29, 1.82) is 5.26 Å². The van der Waals surface area contributed by atoms with Crippen LogP contribution in [0, 0.1) is 22.7 Å². The molecule has 0 radical (unpaired) electrons. The molecular formula is C21H40N2O4Si3. The molecule has 4 atom stereocenters. The number of hydrogen-bond donors (Lipinski definition) is 0. The third-order valence-electron chi connectivity index (χ3n) is 5.24. The van der Waals surface area contributed by atoms with Crippen LogP contribution in [-0.2, 0) is 18.2 Å². The van der Waals surface area contributed by atoms with Crippen LogP contribution in [0.5, 0.6) is 0 Å². The van der Waals surface area contributed by atoms with Gasteiger partial charge in [0, 0.05) is 6.42 Å². The van der Waals surface area contributed by atoms with E-state index in [1.54, 1.807) is 5.06 Å². The molecule has 0 aromatic carbocycles. The van der Waals surface area contributed by atoms with Crippen molar-refractivity contribution < 1.29 is 18.2 Å². The zero-order valence-electron chi connectivity index (χ0n) is 20.6. The third-order valence-corrected chi connectivity index (χ3v) is 7.84. The Labute approximate surface area is 186 Å². The summed E-state index contributed by atoms with van der Waals surface area (Å²) < 4.78 is 19.2. The van der Waals surface area contributed by atoms with E-state index in [0.29, 0.717) is 6.42 Å². The molecule has 0 N–H and O–H groups in total. The summed E-state index contributed by atoms with van der Waals surface area (Å²) >= 11 is 0. The van der Waals surface area contributed by atoms with E-state index >= 15 is 0 Å². The van der Waals surface area contributed by atoms with Crippen molar-refractivity contribution in [2.24, 2.45) is 11.3 Å². The Hall–Kier alpha value is -0.769. The molecule has 0 aromatic rings. The Balaban J connectivity index is 2.66. The van der Waals surface area contributed by atoms with Crippen LogP contribution in [0.15, 0.2) is 12.2 Å². The first-order valence-electron chi connectivity index (χ1n) is 10.9. The van der Waals surface area contributed by atoms with Gasteiger partial charge in [-0.15, -0.1) is 0 Å². The minimum absolute atomic E-state index is 0.00750. The second kappa shape index (κ2) is 7.98. The maximum Gasteiger partial charge on any atom is 0.252 e. The maximum absolute atomic E-state index is 13.2. The molecule has 2 rings (SSSR count). The summed E-state index contributed by atoms with van der Waals surface area (Å²) in [6.07, 6.45) is 3.91. The van der Waals surface area contributed by atoms with Crippen molar-refractivity contribution in [1.82, 2.24) is 5.06 Å². The van der Waals surface area contributed by atoms with Crippen molar-refractivity contribution in [2.75, 3.05) is 0 Å². The fraction of sp³-hybridized carbons (Fsp3) is 0.810. The summed E-state index contributed by atoms with van der Waals surface area (Å²) in [7, 11) is -5.53. The largest absolute Gasteiger partial charge is 0.412 e. The summed E-state index contributed by atoms with van der Waals surface area (Å²) in [5.74, 6) is -0.271. The molecular weight excluding hydrogens is 428 g/mol. The Bertz CT molecular complexity index is 745. The molecule has 1 heterocycles. The molecule has 1 spiro atoms. The average Bonchev–Trinajstić information content (AvgIpc) is 2.50. The Kier molecular flexibility index (Phi) is 6.78. The molecule has 1 aliphatic heterocycles. The van der Waals surface area contributed by atoms with Gasteiger partial charge in [-0.1, -0.05) is 26.8 Å². The number of amides is 1. The predicted octanol–water partition coefficient (Wildman–Crippen LogP) is 4.44. The van der Waals surface area contributed by atoms with Gasteiger partial charge in [0.15, 0.2) is 22.2 Å². The van der Waals surface area contributed by atoms with Crippen LogP contribution >= 0.6 is 0 Å². The fourth-order valence-electron chi connectivity index (χ4n) is 4.63. The van der Waals surface area contributed by atoms with E-state index in [4.69, 9.17) is 13.4 Å². The van der Waals surface area contributed by atoms with Crippen molar-refractivity contribution in [3.05, 3.63) is 12.2 Å². The molecule has 1 saturated heterocycles. The van der Waals surface area contributed by atoms with Crippen molar-refractivity contribution in [2.45, 2.75) is 96.8 Å². The number of carbonyl (C=O) groups is 1. The number of rotatable bonds is 6. The van der Waals surface area contributed by atoms with E-state index in [9.17, 15) is 10.1 Å². The number of nitrogens with zero attached hydrogens (tertiary/aromatic N) is 2. The molecule has 1 aliphatic carbocycles. The fourth-order valence-corrected chi connectivity index (χ4v) is 7.75. The van der Waals surface area contributed by atoms with Crippen LogP contribution in [0.1, 0.15) is 27.2 Å². The minimum atomic E-state index is -2.00. The zero-order chi connectivity index (χ0) is 23.3. The van der Waals surface area contributed by atoms with Gasteiger partial charge in [0.1, 0.15) is 11.6 Å². The van der Waals surface area contributed by atoms with E-state index < -0.39 is 36.8 Å². The highest BCUT2D eigenvalue weighted by Gasteiger charge is 2.70.